The van der Waals surface area contributed by atoms with Gasteiger partial charge in [0.05, 0.1) is 10.6 Å². The molecule has 2 rings (SSSR count). The number of hydrogen-bond acceptors (Lipinski definition) is 4. The Bertz CT molecular complexity index is 519. The Labute approximate surface area is 121 Å². The summed E-state index contributed by atoms with van der Waals surface area (Å²) in [6.45, 7) is 1.04. The summed E-state index contributed by atoms with van der Waals surface area (Å²) >= 11 is 0. The predicted molar refractivity (Wildman–Crippen MR) is 81.3 cm³/mol. The van der Waals surface area contributed by atoms with Crippen LogP contribution in [0.2, 0.25) is 0 Å². The van der Waals surface area contributed by atoms with Crippen LogP contribution in [0.3, 0.4) is 0 Å². The second kappa shape index (κ2) is 6.70. The van der Waals surface area contributed by atoms with Crippen molar-refractivity contribution in [3.05, 3.63) is 29.8 Å². The van der Waals surface area contributed by atoms with Crippen molar-refractivity contribution in [2.45, 2.75) is 43.2 Å². The molecule has 1 fully saturated rings. The summed E-state index contributed by atoms with van der Waals surface area (Å²) in [7, 11) is -1.16. The third kappa shape index (κ3) is 3.81. The average molecular weight is 296 g/mol. The van der Waals surface area contributed by atoms with Crippen molar-refractivity contribution in [1.29, 1.82) is 0 Å². The minimum Gasteiger partial charge on any atom is -0.326 e. The quantitative estimate of drug-likeness (QED) is 0.869. The molecule has 20 heavy (non-hydrogen) atoms. The lowest BCUT2D eigenvalue weighted by Crippen LogP contribution is -2.33. The van der Waals surface area contributed by atoms with Crippen molar-refractivity contribution in [3.8, 4) is 0 Å². The van der Waals surface area contributed by atoms with Gasteiger partial charge in [-0.05, 0) is 37.6 Å². The number of rotatable bonds is 6. The van der Waals surface area contributed by atoms with Crippen LogP contribution in [0.5, 0.6) is 0 Å². The van der Waals surface area contributed by atoms with Gasteiger partial charge >= 0.3 is 0 Å². The number of nitrogens with zero attached hydrogens (tertiary/aromatic N) is 1. The Morgan fingerprint density at radius 2 is 1.80 bits per heavy atom. The third-order valence-corrected chi connectivity index (χ3v) is 5.89. The Morgan fingerprint density at radius 3 is 2.35 bits per heavy atom. The van der Waals surface area contributed by atoms with E-state index in [2.05, 4.69) is 4.90 Å². The fraction of sp³-hybridized carbons (Fsp3) is 0.600. The van der Waals surface area contributed by atoms with Gasteiger partial charge in [0.1, 0.15) is 0 Å². The van der Waals surface area contributed by atoms with Crippen molar-refractivity contribution in [3.63, 3.8) is 0 Å². The standard InChI is InChI=1S/C15H24N2O2S/c1-17(14-4-2-3-5-14)10-11-20(18,19)15-8-6-13(12-16)7-9-15/h6-9,14H,2-5,10-12,16H2,1H3. The average Bonchev–Trinajstić information content (AvgIpc) is 2.99. The highest BCUT2D eigenvalue weighted by molar-refractivity contribution is 7.91. The van der Waals surface area contributed by atoms with Crippen molar-refractivity contribution < 1.29 is 8.42 Å². The minimum atomic E-state index is -3.19. The molecule has 5 heteroatoms. The van der Waals surface area contributed by atoms with Gasteiger partial charge in [-0.15, -0.1) is 0 Å². The topological polar surface area (TPSA) is 63.4 Å². The summed E-state index contributed by atoms with van der Waals surface area (Å²) in [5.41, 5.74) is 6.47. The van der Waals surface area contributed by atoms with Gasteiger partial charge in [0.2, 0.25) is 0 Å². The Balaban J connectivity index is 1.95. The molecule has 0 unspecified atom stereocenters. The zero-order valence-corrected chi connectivity index (χ0v) is 12.9. The molecule has 0 bridgehead atoms. The predicted octanol–water partition coefficient (Wildman–Crippen LogP) is 1.79. The maximum atomic E-state index is 12.3. The lowest BCUT2D eigenvalue weighted by molar-refractivity contribution is 0.259. The molecule has 0 aromatic heterocycles. The van der Waals surface area contributed by atoms with E-state index >= 15 is 0 Å². The van der Waals surface area contributed by atoms with Gasteiger partial charge in [-0.2, -0.15) is 0 Å². The van der Waals surface area contributed by atoms with E-state index in [1.54, 1.807) is 24.3 Å². The Kier molecular flexibility index (Phi) is 5.18. The monoisotopic (exact) mass is 296 g/mol. The van der Waals surface area contributed by atoms with Gasteiger partial charge in [-0.3, -0.25) is 0 Å². The van der Waals surface area contributed by atoms with Crippen molar-refractivity contribution in [2.75, 3.05) is 19.3 Å². The van der Waals surface area contributed by atoms with Gasteiger partial charge < -0.3 is 10.6 Å². The van der Waals surface area contributed by atoms with E-state index in [1.165, 1.54) is 25.7 Å². The molecule has 0 spiro atoms. The van der Waals surface area contributed by atoms with Crippen molar-refractivity contribution in [2.24, 2.45) is 5.73 Å². The lowest BCUT2D eigenvalue weighted by Gasteiger charge is -2.23. The zero-order chi connectivity index (χ0) is 14.6. The van der Waals surface area contributed by atoms with Crippen LogP contribution in [-0.2, 0) is 16.4 Å². The molecular weight excluding hydrogens is 272 g/mol. The van der Waals surface area contributed by atoms with E-state index in [0.717, 1.165) is 5.56 Å². The molecule has 1 aliphatic rings. The molecule has 0 radical (unpaired) electrons. The van der Waals surface area contributed by atoms with E-state index in [9.17, 15) is 8.42 Å². The molecule has 0 atom stereocenters. The van der Waals surface area contributed by atoms with Crippen LogP contribution < -0.4 is 5.73 Å². The highest BCUT2D eigenvalue weighted by Gasteiger charge is 2.22. The van der Waals surface area contributed by atoms with Gasteiger partial charge in [0, 0.05) is 19.1 Å². The SMILES string of the molecule is CN(CCS(=O)(=O)c1ccc(CN)cc1)C1CCCC1. The van der Waals surface area contributed by atoms with Crippen LogP contribution in [0.1, 0.15) is 31.2 Å². The molecule has 0 saturated heterocycles. The molecule has 0 heterocycles. The van der Waals surface area contributed by atoms with E-state index < -0.39 is 9.84 Å². The maximum Gasteiger partial charge on any atom is 0.179 e. The summed E-state index contributed by atoms with van der Waals surface area (Å²) in [5.74, 6) is 0.183. The second-order valence-corrected chi connectivity index (χ2v) is 7.69. The first-order valence-corrected chi connectivity index (χ1v) is 8.90. The molecule has 4 nitrogen and oxygen atoms in total. The van der Waals surface area contributed by atoms with Crippen molar-refractivity contribution >= 4 is 9.84 Å². The summed E-state index contributed by atoms with van der Waals surface area (Å²) in [4.78, 5) is 2.59. The Hall–Kier alpha value is -0.910. The summed E-state index contributed by atoms with van der Waals surface area (Å²) < 4.78 is 24.6. The first-order chi connectivity index (χ1) is 9.53. The highest BCUT2D eigenvalue weighted by atomic mass is 32.2. The van der Waals surface area contributed by atoms with E-state index in [-0.39, 0.29) is 5.75 Å². The van der Waals surface area contributed by atoms with Crippen LogP contribution in [0.25, 0.3) is 0 Å². The zero-order valence-electron chi connectivity index (χ0n) is 12.1. The van der Waals surface area contributed by atoms with Crippen LogP contribution in [0, 0.1) is 0 Å². The first-order valence-electron chi connectivity index (χ1n) is 7.25. The number of hydrogen-bond donors (Lipinski definition) is 1. The molecule has 1 aliphatic carbocycles. The summed E-state index contributed by atoms with van der Waals surface area (Å²) in [6.07, 6.45) is 4.92. The fourth-order valence-corrected chi connectivity index (χ4v) is 4.06. The fourth-order valence-electron chi connectivity index (χ4n) is 2.74. The number of benzene rings is 1. The van der Waals surface area contributed by atoms with Gasteiger partial charge in [-0.1, -0.05) is 25.0 Å². The third-order valence-electron chi connectivity index (χ3n) is 4.18. The molecule has 0 amide bonds. The molecule has 1 aromatic carbocycles. The normalized spacial score (nSPS) is 16.9. The van der Waals surface area contributed by atoms with Crippen LogP contribution in [-0.4, -0.2) is 38.7 Å². The first kappa shape index (κ1) is 15.5. The van der Waals surface area contributed by atoms with Crippen LogP contribution in [0.4, 0.5) is 0 Å². The number of nitrogens with two attached hydrogens (primary N) is 1. The molecule has 112 valence electrons. The second-order valence-electron chi connectivity index (χ2n) is 5.59. The van der Waals surface area contributed by atoms with Crippen LogP contribution in [0.15, 0.2) is 29.2 Å². The largest absolute Gasteiger partial charge is 0.326 e. The molecule has 1 aromatic rings. The molecular formula is C15H24N2O2S. The Morgan fingerprint density at radius 1 is 1.20 bits per heavy atom. The van der Waals surface area contributed by atoms with Crippen LogP contribution >= 0.6 is 0 Å². The molecule has 2 N–H and O–H groups in total. The molecule has 1 saturated carbocycles. The van der Waals surface area contributed by atoms with Gasteiger partial charge in [-0.25, -0.2) is 8.42 Å². The minimum absolute atomic E-state index is 0.183. The van der Waals surface area contributed by atoms with Crippen molar-refractivity contribution in [1.82, 2.24) is 4.90 Å². The summed E-state index contributed by atoms with van der Waals surface area (Å²) in [5, 5.41) is 0. The van der Waals surface area contributed by atoms with E-state index in [4.69, 9.17) is 5.73 Å². The number of sulfone groups is 1. The van der Waals surface area contributed by atoms with Gasteiger partial charge in [0.25, 0.3) is 0 Å². The highest BCUT2D eigenvalue weighted by Crippen LogP contribution is 2.22. The van der Waals surface area contributed by atoms with E-state index in [1.807, 2.05) is 7.05 Å². The summed E-state index contributed by atoms with van der Waals surface area (Å²) in [6, 6.07) is 7.45. The molecule has 0 aliphatic heterocycles. The lowest BCUT2D eigenvalue weighted by atomic mass is 10.2. The maximum absolute atomic E-state index is 12.3. The van der Waals surface area contributed by atoms with E-state index in [0.29, 0.717) is 24.0 Å². The van der Waals surface area contributed by atoms with Gasteiger partial charge in [0.15, 0.2) is 9.84 Å². The smallest absolute Gasteiger partial charge is 0.179 e.